The van der Waals surface area contributed by atoms with E-state index in [1.807, 2.05) is 0 Å². The minimum atomic E-state index is -5.61. The van der Waals surface area contributed by atoms with Crippen molar-refractivity contribution in [3.05, 3.63) is 0 Å². The van der Waals surface area contributed by atoms with Crippen LogP contribution >= 0.6 is 62.6 Å². The molecule has 0 heterocycles. The summed E-state index contributed by atoms with van der Waals surface area (Å²) < 4.78 is 107. The molecule has 0 saturated heterocycles. The van der Waals surface area contributed by atoms with Crippen molar-refractivity contribution in [2.75, 3.05) is 52.9 Å². The van der Waals surface area contributed by atoms with E-state index in [1.54, 1.807) is 0 Å². The molecule has 0 aliphatic carbocycles. The Kier molecular flexibility index (Phi) is 42.7. The van der Waals surface area contributed by atoms with Gasteiger partial charge in [-0.15, -0.1) is 0 Å². The summed E-state index contributed by atoms with van der Waals surface area (Å²) in [7, 11) is -43.0. The van der Waals surface area contributed by atoms with Gasteiger partial charge in [0.2, 0.25) is 0 Å². The third-order valence-corrected chi connectivity index (χ3v) is 10.6. The molecule has 43 heteroatoms. The Labute approximate surface area is 326 Å². The summed E-state index contributed by atoms with van der Waals surface area (Å²) in [4.78, 5) is 119. The van der Waals surface area contributed by atoms with E-state index < -0.39 is 115 Å². The number of aliphatic hydroxyl groups excluding tert-OH is 4. The van der Waals surface area contributed by atoms with Gasteiger partial charge >= 0.3 is 61.3 Å². The monoisotopic (exact) mass is 1440 g/mol. The molecule has 0 rings (SSSR count). The molecular formula is C8H20O32P8Re3. The number of hydrogen-bond donors (Lipinski definition) is 4. The van der Waals surface area contributed by atoms with Gasteiger partial charge in [0.15, 0.2) is 0 Å². The number of hydrogen-bond acceptors (Lipinski definition) is 32. The van der Waals surface area contributed by atoms with Crippen molar-refractivity contribution in [2.24, 2.45) is 0 Å². The van der Waals surface area contributed by atoms with Gasteiger partial charge in [-0.2, -0.15) is 0 Å². The van der Waals surface area contributed by atoms with Gasteiger partial charge in [-0.25, -0.2) is 0 Å². The predicted octanol–water partition coefficient (Wildman–Crippen LogP) is -10.8. The molecule has 0 aliphatic heterocycles. The van der Waals surface area contributed by atoms with Crippen LogP contribution < -0.4 is 58.7 Å². The number of phosphoric ester groups is 4. The van der Waals surface area contributed by atoms with Gasteiger partial charge in [0, 0.05) is 0 Å². The van der Waals surface area contributed by atoms with Crippen molar-refractivity contribution in [3.63, 3.8) is 0 Å². The molecule has 0 saturated carbocycles. The van der Waals surface area contributed by atoms with Gasteiger partial charge in [-0.05, 0) is 0 Å². The van der Waals surface area contributed by atoms with Crippen LogP contribution in [-0.4, -0.2) is 73.3 Å². The fraction of sp³-hybridized carbons (Fsp3) is 1.00. The summed E-state index contributed by atoms with van der Waals surface area (Å²) >= 11 is 0. The fourth-order valence-electron chi connectivity index (χ4n) is 1.19. The predicted molar refractivity (Wildman–Crippen MR) is 117 cm³/mol. The summed E-state index contributed by atoms with van der Waals surface area (Å²) in [6.07, 6.45) is 0. The van der Waals surface area contributed by atoms with Crippen LogP contribution in [0.1, 0.15) is 0 Å². The quantitative estimate of drug-likeness (QED) is 0.0822. The van der Waals surface area contributed by atoms with Crippen LogP contribution in [0.4, 0.5) is 0 Å². The zero-order valence-electron chi connectivity index (χ0n) is 23.6. The Morgan fingerprint density at radius 2 is 0.431 bits per heavy atom. The SMILES string of the molecule is O=P([O-])([O-])OP(=O)([O-])OCCO.O=P([O-])([O-])OP(=O)([O-])OCCO.O=P([O-])([O-])OP(=O)([O-])OCCO.O=P([O-])([O-])OP(=O)([O-])OCCO.[Re+4].[Re+4].[Re+4]. The maximum atomic E-state index is 10.3. The molecule has 0 aromatic rings. The Balaban J connectivity index is -0.0000000993. The normalized spacial score (nSPS) is 16.3. The summed E-state index contributed by atoms with van der Waals surface area (Å²) in [5.41, 5.74) is 0. The van der Waals surface area contributed by atoms with Crippen molar-refractivity contribution in [3.8, 4) is 0 Å². The van der Waals surface area contributed by atoms with Crippen molar-refractivity contribution >= 4 is 62.6 Å². The van der Waals surface area contributed by atoms with Gasteiger partial charge in [0.25, 0.3) is 31.3 Å². The average molecular weight is 1430 g/mol. The molecule has 0 spiro atoms. The Hall–Kier alpha value is 2.87. The second-order valence-electron chi connectivity index (χ2n) is 6.13. The Bertz CT molecular complexity index is 1080. The zero-order chi connectivity index (χ0) is 39.3. The first-order valence-corrected chi connectivity index (χ1v) is 21.9. The smallest absolute Gasteiger partial charge is 0.790 e. The molecule has 51 heavy (non-hydrogen) atoms. The molecule has 4 N–H and O–H groups in total. The average Bonchev–Trinajstić information content (AvgIpc) is 2.79. The van der Waals surface area contributed by atoms with E-state index in [2.05, 4.69) is 35.3 Å². The second kappa shape index (κ2) is 31.8. The zero-order valence-corrected chi connectivity index (χ0v) is 38.9. The van der Waals surface area contributed by atoms with Gasteiger partial charge in [-0.3, -0.25) is 35.5 Å². The van der Waals surface area contributed by atoms with Crippen LogP contribution in [-0.2, 0) is 133 Å². The molecule has 4 atom stereocenters. The number of aliphatic hydroxyl groups is 4. The van der Waals surface area contributed by atoms with E-state index in [-0.39, 0.29) is 61.3 Å². The van der Waals surface area contributed by atoms with Crippen LogP contribution in [0.25, 0.3) is 0 Å². The molecule has 0 aliphatic rings. The minimum Gasteiger partial charge on any atom is -0.790 e. The van der Waals surface area contributed by atoms with Gasteiger partial charge in [0.05, 0.1) is 84.1 Å². The van der Waals surface area contributed by atoms with Crippen LogP contribution in [0.5, 0.6) is 0 Å². The number of rotatable bonds is 20. The molecule has 3 radical (unpaired) electrons. The number of phosphoric acid groups is 8. The third-order valence-electron chi connectivity index (χ3n) is 2.16. The fourth-order valence-corrected chi connectivity index (χ4v) is 7.09. The summed E-state index contributed by atoms with van der Waals surface area (Å²) in [5, 5.41) is 32.2. The van der Waals surface area contributed by atoms with E-state index in [0.717, 1.165) is 0 Å². The van der Waals surface area contributed by atoms with Gasteiger partial charge in [-0.1, -0.05) is 0 Å². The van der Waals surface area contributed by atoms with E-state index >= 15 is 0 Å². The van der Waals surface area contributed by atoms with E-state index in [4.69, 9.17) is 20.4 Å². The first-order valence-electron chi connectivity index (χ1n) is 10.3. The first kappa shape index (κ1) is 68.5. The van der Waals surface area contributed by atoms with Crippen LogP contribution in [0.2, 0.25) is 0 Å². The maximum Gasteiger partial charge on any atom is 4.00 e. The molecule has 0 aromatic carbocycles. The Morgan fingerprint density at radius 1 is 0.314 bits per heavy atom. The standard InChI is InChI=1S/4C2H8O8P2.3Re/c4*3-1-2-9-12(7,8)10-11(4,5)6;;;/h4*3H,1-2H2,(H,7,8)(H2,4,5,6);;;/q;;;;3*+4/p-12. The third kappa shape index (κ3) is 62.3. The summed E-state index contributed by atoms with van der Waals surface area (Å²) in [6, 6.07) is 0. The van der Waals surface area contributed by atoms with Gasteiger partial charge < -0.3 is 116 Å². The molecule has 4 unspecified atom stereocenters. The molecule has 0 aromatic heterocycles. The van der Waals surface area contributed by atoms with E-state index in [1.165, 1.54) is 0 Å². The topological polar surface area (TPSA) is 568 Å². The van der Waals surface area contributed by atoms with Crippen LogP contribution in [0.3, 0.4) is 0 Å². The second-order valence-corrected chi connectivity index (χ2v) is 16.9. The minimum absolute atomic E-state index is 0. The van der Waals surface area contributed by atoms with Gasteiger partial charge in [0.1, 0.15) is 0 Å². The van der Waals surface area contributed by atoms with Crippen molar-refractivity contribution in [2.45, 2.75) is 0 Å². The van der Waals surface area contributed by atoms with Crippen molar-refractivity contribution in [1.82, 2.24) is 0 Å². The summed E-state index contributed by atoms with van der Waals surface area (Å²) in [5.74, 6) is 0. The maximum absolute atomic E-state index is 10.3. The largest absolute Gasteiger partial charge is 4.00 e. The van der Waals surface area contributed by atoms with Crippen LogP contribution in [0, 0.1) is 0 Å². The van der Waals surface area contributed by atoms with Crippen LogP contribution in [0.15, 0.2) is 0 Å². The molecule has 0 amide bonds. The molecule has 0 bridgehead atoms. The molecule has 32 nitrogen and oxygen atoms in total. The molecule has 0 fully saturated rings. The van der Waals surface area contributed by atoms with E-state index in [9.17, 15) is 95.2 Å². The summed E-state index contributed by atoms with van der Waals surface area (Å²) in [6.45, 7) is -5.23. The Morgan fingerprint density at radius 3 is 0.510 bits per heavy atom. The van der Waals surface area contributed by atoms with Crippen molar-refractivity contribution < 1.29 is 212 Å². The first-order chi connectivity index (χ1) is 21.1. The molecule has 305 valence electrons. The van der Waals surface area contributed by atoms with E-state index in [0.29, 0.717) is 0 Å². The molecular weight excluding hydrogens is 1410 g/mol. The van der Waals surface area contributed by atoms with Crippen molar-refractivity contribution in [1.29, 1.82) is 0 Å².